The number of carbonyl (C=O) groups is 3. The number of amides is 4. The Labute approximate surface area is 149 Å². The second kappa shape index (κ2) is 7.39. The highest BCUT2D eigenvalue weighted by Gasteiger charge is 2.50. The summed E-state index contributed by atoms with van der Waals surface area (Å²) in [5.74, 6) is -2.81. The van der Waals surface area contributed by atoms with E-state index in [-0.39, 0.29) is 5.69 Å². The molecule has 1 aromatic carbocycles. The topological polar surface area (TPSA) is 78.5 Å². The molecule has 26 heavy (non-hydrogen) atoms. The van der Waals surface area contributed by atoms with E-state index in [0.29, 0.717) is 18.9 Å². The molecule has 4 amide bonds. The summed E-state index contributed by atoms with van der Waals surface area (Å²) in [6.45, 7) is -0.511. The molecule has 1 saturated carbocycles. The molecular formula is C18H21F2N3O3. The smallest absolute Gasteiger partial charge is 0.323 e. The van der Waals surface area contributed by atoms with Gasteiger partial charge in [0.15, 0.2) is 0 Å². The number of halogens is 2. The van der Waals surface area contributed by atoms with Gasteiger partial charge in [0.05, 0.1) is 5.69 Å². The Bertz CT molecular complexity index is 730. The van der Waals surface area contributed by atoms with Gasteiger partial charge in [0.25, 0.3) is 5.91 Å². The summed E-state index contributed by atoms with van der Waals surface area (Å²) < 4.78 is 26.6. The zero-order valence-electron chi connectivity index (χ0n) is 14.3. The summed E-state index contributed by atoms with van der Waals surface area (Å²) in [5, 5.41) is 5.02. The van der Waals surface area contributed by atoms with Gasteiger partial charge in [-0.25, -0.2) is 13.6 Å². The van der Waals surface area contributed by atoms with Crippen molar-refractivity contribution in [2.45, 2.75) is 50.5 Å². The standard InChI is InChI=1S/C18H21F2N3O3/c19-12-6-7-14(13(20)10-12)21-15(24)11-23-16(25)18(22-17(23)26)8-4-2-1-3-5-9-18/h6-7,10H,1-5,8-9,11H2,(H,21,24)(H,22,26). The molecule has 6 nitrogen and oxygen atoms in total. The van der Waals surface area contributed by atoms with Crippen LogP contribution >= 0.6 is 0 Å². The fourth-order valence-corrected chi connectivity index (χ4v) is 3.59. The molecule has 0 bridgehead atoms. The van der Waals surface area contributed by atoms with E-state index in [2.05, 4.69) is 10.6 Å². The van der Waals surface area contributed by atoms with Gasteiger partial charge in [-0.15, -0.1) is 0 Å². The number of nitrogens with one attached hydrogen (secondary N) is 2. The van der Waals surface area contributed by atoms with Crippen LogP contribution in [-0.4, -0.2) is 34.8 Å². The van der Waals surface area contributed by atoms with Crippen LogP contribution in [0.4, 0.5) is 19.3 Å². The normalized spacial score (nSPS) is 19.8. The quantitative estimate of drug-likeness (QED) is 0.809. The first-order valence-electron chi connectivity index (χ1n) is 8.80. The van der Waals surface area contributed by atoms with E-state index >= 15 is 0 Å². The van der Waals surface area contributed by atoms with Crippen molar-refractivity contribution in [1.29, 1.82) is 0 Å². The third kappa shape index (κ3) is 3.68. The Morgan fingerprint density at radius 2 is 1.77 bits per heavy atom. The Morgan fingerprint density at radius 3 is 2.42 bits per heavy atom. The van der Waals surface area contributed by atoms with Crippen molar-refractivity contribution in [1.82, 2.24) is 10.2 Å². The van der Waals surface area contributed by atoms with Gasteiger partial charge in [-0.3, -0.25) is 14.5 Å². The average molecular weight is 365 g/mol. The number of carbonyl (C=O) groups excluding carboxylic acids is 3. The molecule has 3 rings (SSSR count). The minimum Gasteiger partial charge on any atom is -0.323 e. The Balaban J connectivity index is 1.68. The van der Waals surface area contributed by atoms with Gasteiger partial charge < -0.3 is 10.6 Å². The monoisotopic (exact) mass is 365 g/mol. The van der Waals surface area contributed by atoms with E-state index in [4.69, 9.17) is 0 Å². The molecule has 2 N–H and O–H groups in total. The largest absolute Gasteiger partial charge is 0.325 e. The minimum absolute atomic E-state index is 0.205. The number of hydrogen-bond donors (Lipinski definition) is 2. The predicted octanol–water partition coefficient (Wildman–Crippen LogP) is 2.94. The summed E-state index contributed by atoms with van der Waals surface area (Å²) in [6.07, 6.45) is 5.93. The molecular weight excluding hydrogens is 344 g/mol. The number of hydrogen-bond acceptors (Lipinski definition) is 3. The first kappa shape index (κ1) is 18.3. The van der Waals surface area contributed by atoms with Crippen molar-refractivity contribution in [2.75, 3.05) is 11.9 Å². The summed E-state index contributed by atoms with van der Waals surface area (Å²) in [4.78, 5) is 38.1. The Morgan fingerprint density at radius 1 is 1.12 bits per heavy atom. The highest BCUT2D eigenvalue weighted by atomic mass is 19.1. The zero-order chi connectivity index (χ0) is 18.7. The first-order valence-corrected chi connectivity index (χ1v) is 8.80. The van der Waals surface area contributed by atoms with E-state index in [1.54, 1.807) is 0 Å². The van der Waals surface area contributed by atoms with Gasteiger partial charge in [0, 0.05) is 6.07 Å². The van der Waals surface area contributed by atoms with Crippen molar-refractivity contribution in [3.8, 4) is 0 Å². The van der Waals surface area contributed by atoms with Crippen molar-refractivity contribution >= 4 is 23.5 Å². The maximum atomic E-state index is 13.6. The minimum atomic E-state index is -0.932. The fourth-order valence-electron chi connectivity index (χ4n) is 3.59. The number of rotatable bonds is 3. The summed E-state index contributed by atoms with van der Waals surface area (Å²) in [6, 6.07) is 2.14. The Kier molecular flexibility index (Phi) is 5.20. The summed E-state index contributed by atoms with van der Waals surface area (Å²) >= 11 is 0. The van der Waals surface area contributed by atoms with Crippen LogP contribution in [0.15, 0.2) is 18.2 Å². The lowest BCUT2D eigenvalue weighted by Crippen LogP contribution is -2.47. The third-order valence-electron chi connectivity index (χ3n) is 4.96. The number of imide groups is 1. The molecule has 0 radical (unpaired) electrons. The molecule has 1 aliphatic carbocycles. The number of urea groups is 1. The molecule has 1 aromatic rings. The van der Waals surface area contributed by atoms with Gasteiger partial charge >= 0.3 is 6.03 Å². The molecule has 0 aromatic heterocycles. The summed E-state index contributed by atoms with van der Waals surface area (Å²) in [7, 11) is 0. The zero-order valence-corrected chi connectivity index (χ0v) is 14.3. The second-order valence-electron chi connectivity index (χ2n) is 6.84. The highest BCUT2D eigenvalue weighted by Crippen LogP contribution is 2.32. The third-order valence-corrected chi connectivity index (χ3v) is 4.96. The molecule has 1 spiro atoms. The summed E-state index contributed by atoms with van der Waals surface area (Å²) in [5.41, 5.74) is -1.14. The molecule has 140 valence electrons. The van der Waals surface area contributed by atoms with E-state index in [9.17, 15) is 23.2 Å². The van der Waals surface area contributed by atoms with Crippen LogP contribution in [0.3, 0.4) is 0 Å². The molecule has 2 fully saturated rings. The first-order chi connectivity index (χ1) is 12.4. The van der Waals surface area contributed by atoms with Gasteiger partial charge in [0.1, 0.15) is 23.7 Å². The lowest BCUT2D eigenvalue weighted by Gasteiger charge is -2.28. The van der Waals surface area contributed by atoms with Crippen LogP contribution in [-0.2, 0) is 9.59 Å². The van der Waals surface area contributed by atoms with Gasteiger partial charge in [-0.2, -0.15) is 0 Å². The van der Waals surface area contributed by atoms with E-state index in [0.717, 1.165) is 49.1 Å². The molecule has 0 atom stereocenters. The van der Waals surface area contributed by atoms with E-state index in [1.165, 1.54) is 0 Å². The van der Waals surface area contributed by atoms with Crippen molar-refractivity contribution < 1.29 is 23.2 Å². The van der Waals surface area contributed by atoms with Crippen molar-refractivity contribution in [3.63, 3.8) is 0 Å². The molecule has 8 heteroatoms. The molecule has 1 saturated heterocycles. The lowest BCUT2D eigenvalue weighted by molar-refractivity contribution is -0.134. The molecule has 1 aliphatic heterocycles. The van der Waals surface area contributed by atoms with Crippen LogP contribution in [0.5, 0.6) is 0 Å². The predicted molar refractivity (Wildman–Crippen MR) is 90.3 cm³/mol. The van der Waals surface area contributed by atoms with Crippen molar-refractivity contribution in [3.05, 3.63) is 29.8 Å². The van der Waals surface area contributed by atoms with E-state index in [1.807, 2.05) is 0 Å². The SMILES string of the molecule is O=C(CN1C(=O)NC2(CCCCCCC2)C1=O)Nc1ccc(F)cc1F. The van der Waals surface area contributed by atoms with Crippen molar-refractivity contribution in [2.24, 2.45) is 0 Å². The highest BCUT2D eigenvalue weighted by molar-refractivity contribution is 6.10. The van der Waals surface area contributed by atoms with E-state index < -0.39 is 41.6 Å². The van der Waals surface area contributed by atoms with Gasteiger partial charge in [0.2, 0.25) is 5.91 Å². The van der Waals surface area contributed by atoms with Crippen LogP contribution in [0.2, 0.25) is 0 Å². The molecule has 0 unspecified atom stereocenters. The average Bonchev–Trinajstić information content (AvgIpc) is 2.79. The number of nitrogens with zero attached hydrogens (tertiary/aromatic N) is 1. The second-order valence-corrected chi connectivity index (χ2v) is 6.84. The lowest BCUT2D eigenvalue weighted by atomic mass is 9.84. The molecule has 2 aliphatic rings. The van der Waals surface area contributed by atoms with Crippen LogP contribution in [0, 0.1) is 11.6 Å². The van der Waals surface area contributed by atoms with Gasteiger partial charge in [-0.1, -0.05) is 32.1 Å². The maximum Gasteiger partial charge on any atom is 0.325 e. The van der Waals surface area contributed by atoms with Crippen LogP contribution < -0.4 is 10.6 Å². The molecule has 1 heterocycles. The fraction of sp³-hybridized carbons (Fsp3) is 0.500. The maximum absolute atomic E-state index is 13.6. The Hall–Kier alpha value is -2.51. The van der Waals surface area contributed by atoms with Crippen LogP contribution in [0.25, 0.3) is 0 Å². The number of anilines is 1. The van der Waals surface area contributed by atoms with Gasteiger partial charge in [-0.05, 0) is 25.0 Å². The van der Waals surface area contributed by atoms with Crippen LogP contribution in [0.1, 0.15) is 44.9 Å². The number of benzene rings is 1.